The summed E-state index contributed by atoms with van der Waals surface area (Å²) in [5.74, 6) is -0.297. The van der Waals surface area contributed by atoms with Crippen LogP contribution in [0.4, 0.5) is 21.5 Å². The molecular formula is C44H49BFNO2. The van der Waals surface area contributed by atoms with Crippen molar-refractivity contribution < 1.29 is 13.7 Å². The Balaban J connectivity index is 1.49. The summed E-state index contributed by atoms with van der Waals surface area (Å²) >= 11 is 0. The summed E-state index contributed by atoms with van der Waals surface area (Å²) in [5, 5.41) is 0. The average Bonchev–Trinajstić information content (AvgIpc) is 3.27. The molecular weight excluding hydrogens is 604 g/mol. The van der Waals surface area contributed by atoms with Gasteiger partial charge in [0.05, 0.1) is 22.6 Å². The fraction of sp³-hybridized carbons (Fsp3) is 0.318. The van der Waals surface area contributed by atoms with Crippen LogP contribution in [0.25, 0.3) is 22.3 Å². The average molecular weight is 654 g/mol. The zero-order valence-corrected chi connectivity index (χ0v) is 30.7. The Morgan fingerprint density at radius 2 is 1.08 bits per heavy atom. The van der Waals surface area contributed by atoms with E-state index in [4.69, 9.17) is 9.31 Å². The minimum Gasteiger partial charge on any atom is -0.399 e. The molecule has 0 saturated carbocycles. The van der Waals surface area contributed by atoms with Crippen LogP contribution in [0.15, 0.2) is 115 Å². The van der Waals surface area contributed by atoms with E-state index in [9.17, 15) is 0 Å². The van der Waals surface area contributed by atoms with Gasteiger partial charge in [-0.25, -0.2) is 4.39 Å². The van der Waals surface area contributed by atoms with Gasteiger partial charge in [-0.3, -0.25) is 0 Å². The van der Waals surface area contributed by atoms with Crippen molar-refractivity contribution in [3.63, 3.8) is 0 Å². The van der Waals surface area contributed by atoms with Crippen molar-refractivity contribution in [1.29, 1.82) is 0 Å². The summed E-state index contributed by atoms with van der Waals surface area (Å²) in [6.07, 6.45) is 0. The highest BCUT2D eigenvalue weighted by atomic mass is 19.1. The lowest BCUT2D eigenvalue weighted by Gasteiger charge is -2.32. The minimum absolute atomic E-state index is 0.0430. The standard InChI is InChI=1S/C44H49BFNO2/c1-41(2,3)32-26-31(27-33(29-32)42(4,5)6)30-24-25-40(38(46)28-30)47(34-18-12-11-13-19-34)39-23-17-15-21-36(39)35-20-14-16-22-37(35)45-48-43(7,8)44(9,10)49-45/h11-29H,1-10H3. The number of hydrogen-bond donors (Lipinski definition) is 0. The van der Waals surface area contributed by atoms with E-state index >= 15 is 4.39 Å². The summed E-state index contributed by atoms with van der Waals surface area (Å²) in [5.41, 5.74) is 8.35. The van der Waals surface area contributed by atoms with E-state index in [-0.39, 0.29) is 16.6 Å². The van der Waals surface area contributed by atoms with Crippen LogP contribution < -0.4 is 10.4 Å². The van der Waals surface area contributed by atoms with Crippen LogP contribution in [-0.4, -0.2) is 18.3 Å². The molecule has 252 valence electrons. The lowest BCUT2D eigenvalue weighted by molar-refractivity contribution is 0.00578. The Morgan fingerprint density at radius 3 is 1.65 bits per heavy atom. The largest absolute Gasteiger partial charge is 0.495 e. The first-order valence-corrected chi connectivity index (χ1v) is 17.3. The fourth-order valence-corrected chi connectivity index (χ4v) is 6.33. The Morgan fingerprint density at radius 1 is 0.551 bits per heavy atom. The van der Waals surface area contributed by atoms with Gasteiger partial charge in [0, 0.05) is 11.3 Å². The minimum atomic E-state index is -0.544. The highest BCUT2D eigenvalue weighted by Crippen LogP contribution is 2.44. The highest BCUT2D eigenvalue weighted by molar-refractivity contribution is 6.64. The first kappa shape index (κ1) is 34.7. The quantitative estimate of drug-likeness (QED) is 0.170. The van der Waals surface area contributed by atoms with E-state index in [0.717, 1.165) is 39.1 Å². The van der Waals surface area contributed by atoms with Gasteiger partial charge in [-0.1, -0.05) is 126 Å². The molecule has 3 nitrogen and oxygen atoms in total. The van der Waals surface area contributed by atoms with Crippen molar-refractivity contribution in [2.24, 2.45) is 0 Å². The van der Waals surface area contributed by atoms with Gasteiger partial charge in [0.1, 0.15) is 5.82 Å². The number of benzene rings is 5. The number of hydrogen-bond acceptors (Lipinski definition) is 3. The van der Waals surface area contributed by atoms with Crippen molar-refractivity contribution in [2.75, 3.05) is 4.90 Å². The third-order valence-electron chi connectivity index (χ3n) is 10.1. The molecule has 5 aromatic carbocycles. The second-order valence-electron chi connectivity index (χ2n) is 16.3. The third-order valence-corrected chi connectivity index (χ3v) is 10.1. The molecule has 0 radical (unpaired) electrons. The van der Waals surface area contributed by atoms with Gasteiger partial charge < -0.3 is 14.2 Å². The molecule has 1 aliphatic heterocycles. The van der Waals surface area contributed by atoms with Crippen LogP contribution in [0.5, 0.6) is 0 Å². The fourth-order valence-electron chi connectivity index (χ4n) is 6.33. The summed E-state index contributed by atoms with van der Waals surface area (Å²) in [6.45, 7) is 21.6. The van der Waals surface area contributed by atoms with Crippen LogP contribution >= 0.6 is 0 Å². The molecule has 5 heteroatoms. The first-order valence-electron chi connectivity index (χ1n) is 17.3. The number of rotatable bonds is 6. The second-order valence-corrected chi connectivity index (χ2v) is 16.3. The van der Waals surface area contributed by atoms with E-state index < -0.39 is 18.3 Å². The van der Waals surface area contributed by atoms with Crippen LogP contribution in [-0.2, 0) is 20.1 Å². The maximum atomic E-state index is 16.8. The topological polar surface area (TPSA) is 21.7 Å². The summed E-state index contributed by atoms with van der Waals surface area (Å²) in [6, 6.07) is 38.7. The molecule has 0 N–H and O–H groups in total. The van der Waals surface area contributed by atoms with Gasteiger partial charge >= 0.3 is 7.12 Å². The van der Waals surface area contributed by atoms with Gasteiger partial charge in [0.15, 0.2) is 0 Å². The molecule has 0 unspecified atom stereocenters. The molecule has 0 aliphatic carbocycles. The van der Waals surface area contributed by atoms with Gasteiger partial charge in [-0.2, -0.15) is 0 Å². The van der Waals surface area contributed by atoms with E-state index in [0.29, 0.717) is 5.69 Å². The number of nitrogens with zero attached hydrogens (tertiary/aromatic N) is 1. The van der Waals surface area contributed by atoms with Crippen LogP contribution in [0.1, 0.15) is 80.4 Å². The molecule has 1 saturated heterocycles. The summed E-state index contributed by atoms with van der Waals surface area (Å²) in [7, 11) is -0.544. The summed E-state index contributed by atoms with van der Waals surface area (Å²) < 4.78 is 29.8. The van der Waals surface area contributed by atoms with Crippen molar-refractivity contribution in [2.45, 2.75) is 91.3 Å². The number of anilines is 3. The Hall–Kier alpha value is -4.19. The predicted molar refractivity (Wildman–Crippen MR) is 205 cm³/mol. The lowest BCUT2D eigenvalue weighted by Crippen LogP contribution is -2.41. The second kappa shape index (κ2) is 12.6. The third kappa shape index (κ3) is 6.84. The zero-order chi connectivity index (χ0) is 35.4. The van der Waals surface area contributed by atoms with Crippen molar-refractivity contribution in [1.82, 2.24) is 0 Å². The van der Waals surface area contributed by atoms with E-state index in [1.54, 1.807) is 6.07 Å². The number of halogens is 1. The van der Waals surface area contributed by atoms with Crippen LogP contribution in [0.3, 0.4) is 0 Å². The molecule has 1 aliphatic rings. The van der Waals surface area contributed by atoms with E-state index in [2.05, 4.69) is 112 Å². The van der Waals surface area contributed by atoms with Crippen molar-refractivity contribution >= 4 is 29.6 Å². The monoisotopic (exact) mass is 653 g/mol. The maximum Gasteiger partial charge on any atom is 0.495 e. The first-order chi connectivity index (χ1) is 23.0. The maximum absolute atomic E-state index is 16.8. The normalized spacial score (nSPS) is 15.8. The summed E-state index contributed by atoms with van der Waals surface area (Å²) in [4.78, 5) is 2.02. The highest BCUT2D eigenvalue weighted by Gasteiger charge is 2.52. The molecule has 5 aromatic rings. The molecule has 0 bridgehead atoms. The molecule has 0 spiro atoms. The van der Waals surface area contributed by atoms with Crippen molar-refractivity contribution in [3.8, 4) is 22.3 Å². The van der Waals surface area contributed by atoms with Crippen molar-refractivity contribution in [3.05, 3.63) is 132 Å². The Bertz CT molecular complexity index is 1920. The molecule has 0 aromatic heterocycles. The van der Waals surface area contributed by atoms with Gasteiger partial charge in [0.25, 0.3) is 0 Å². The predicted octanol–water partition coefficient (Wildman–Crippen LogP) is 11.5. The van der Waals surface area contributed by atoms with E-state index in [1.807, 2.05) is 71.6 Å². The van der Waals surface area contributed by atoms with Gasteiger partial charge in [-0.15, -0.1) is 0 Å². The Kier molecular flexibility index (Phi) is 8.92. The van der Waals surface area contributed by atoms with Crippen LogP contribution in [0, 0.1) is 5.82 Å². The van der Waals surface area contributed by atoms with Gasteiger partial charge in [-0.05, 0) is 102 Å². The smallest absolute Gasteiger partial charge is 0.399 e. The molecule has 6 rings (SSSR count). The SMILES string of the molecule is CC(C)(C)c1cc(-c2ccc(N(c3ccccc3)c3ccccc3-c3ccccc3B3OC(C)(C)C(C)(C)O3)c(F)c2)cc(C(C)(C)C)c1. The number of para-hydroxylation sites is 2. The van der Waals surface area contributed by atoms with Gasteiger partial charge in [0.2, 0.25) is 0 Å². The zero-order valence-electron chi connectivity index (χ0n) is 30.7. The van der Waals surface area contributed by atoms with Crippen LogP contribution in [0.2, 0.25) is 0 Å². The van der Waals surface area contributed by atoms with E-state index in [1.165, 1.54) is 11.1 Å². The molecule has 0 atom stereocenters. The molecule has 1 heterocycles. The Labute approximate surface area is 293 Å². The molecule has 1 fully saturated rings. The molecule has 49 heavy (non-hydrogen) atoms. The molecule has 0 amide bonds. The lowest BCUT2D eigenvalue weighted by atomic mass is 9.74.